The first kappa shape index (κ1) is 11.9. The lowest BCUT2D eigenvalue weighted by atomic mass is 10.3. The molecular weight excluding hydrogens is 202 g/mol. The first-order valence-corrected chi connectivity index (χ1v) is 6.68. The molecule has 0 amide bonds. The van der Waals surface area contributed by atoms with Crippen LogP contribution in [0.3, 0.4) is 0 Å². The SMILES string of the molecule is CC(C)CS(=O)(=O)N(CCO)C1CC1. The highest BCUT2D eigenvalue weighted by Gasteiger charge is 2.36. The molecule has 4 nitrogen and oxygen atoms in total. The molecule has 0 aromatic rings. The summed E-state index contributed by atoms with van der Waals surface area (Å²) >= 11 is 0. The molecule has 1 rings (SSSR count). The van der Waals surface area contributed by atoms with Gasteiger partial charge >= 0.3 is 0 Å². The van der Waals surface area contributed by atoms with Crippen molar-refractivity contribution in [2.75, 3.05) is 18.9 Å². The molecule has 0 bridgehead atoms. The minimum Gasteiger partial charge on any atom is -0.395 e. The maximum absolute atomic E-state index is 11.8. The van der Waals surface area contributed by atoms with Gasteiger partial charge in [0.05, 0.1) is 12.4 Å². The maximum atomic E-state index is 11.8. The van der Waals surface area contributed by atoms with Crippen molar-refractivity contribution in [3.05, 3.63) is 0 Å². The summed E-state index contributed by atoms with van der Waals surface area (Å²) in [5, 5.41) is 8.80. The lowest BCUT2D eigenvalue weighted by molar-refractivity contribution is 0.250. The van der Waals surface area contributed by atoms with Crippen LogP contribution in [0, 0.1) is 5.92 Å². The molecule has 1 aliphatic rings. The van der Waals surface area contributed by atoms with Crippen LogP contribution in [0.1, 0.15) is 26.7 Å². The molecule has 1 aliphatic carbocycles. The van der Waals surface area contributed by atoms with Crippen LogP contribution in [-0.4, -0.2) is 42.8 Å². The van der Waals surface area contributed by atoms with Gasteiger partial charge in [-0.25, -0.2) is 8.42 Å². The second-order valence-electron chi connectivity index (χ2n) is 4.24. The number of aliphatic hydroxyl groups excluding tert-OH is 1. The van der Waals surface area contributed by atoms with Gasteiger partial charge in [0, 0.05) is 12.6 Å². The molecule has 0 spiro atoms. The fraction of sp³-hybridized carbons (Fsp3) is 1.00. The van der Waals surface area contributed by atoms with Crippen molar-refractivity contribution in [1.29, 1.82) is 0 Å². The van der Waals surface area contributed by atoms with Crippen molar-refractivity contribution < 1.29 is 13.5 Å². The van der Waals surface area contributed by atoms with E-state index in [0.29, 0.717) is 0 Å². The Hall–Kier alpha value is -0.130. The summed E-state index contributed by atoms with van der Waals surface area (Å²) in [6, 6.07) is 0.158. The number of hydrogen-bond acceptors (Lipinski definition) is 3. The Bertz CT molecular complexity index is 270. The van der Waals surface area contributed by atoms with Crippen LogP contribution in [0.15, 0.2) is 0 Å². The zero-order valence-corrected chi connectivity index (χ0v) is 9.63. The highest BCUT2D eigenvalue weighted by Crippen LogP contribution is 2.29. The van der Waals surface area contributed by atoms with E-state index in [1.54, 1.807) is 0 Å². The maximum Gasteiger partial charge on any atom is 0.214 e. The van der Waals surface area contributed by atoms with Crippen LogP contribution in [0.4, 0.5) is 0 Å². The summed E-state index contributed by atoms with van der Waals surface area (Å²) in [5.74, 6) is 0.323. The molecule has 84 valence electrons. The third kappa shape index (κ3) is 3.22. The zero-order chi connectivity index (χ0) is 10.8. The average Bonchev–Trinajstić information content (AvgIpc) is 2.79. The van der Waals surface area contributed by atoms with Crippen LogP contribution >= 0.6 is 0 Å². The van der Waals surface area contributed by atoms with Gasteiger partial charge < -0.3 is 5.11 Å². The second-order valence-corrected chi connectivity index (χ2v) is 6.20. The summed E-state index contributed by atoms with van der Waals surface area (Å²) in [6.45, 7) is 3.94. The molecule has 0 saturated heterocycles. The molecule has 1 saturated carbocycles. The van der Waals surface area contributed by atoms with Gasteiger partial charge in [0.2, 0.25) is 10.0 Å². The van der Waals surface area contributed by atoms with E-state index in [-0.39, 0.29) is 30.9 Å². The van der Waals surface area contributed by atoms with Crippen molar-refractivity contribution in [1.82, 2.24) is 4.31 Å². The number of hydrogen-bond donors (Lipinski definition) is 1. The minimum atomic E-state index is -3.15. The molecule has 5 heteroatoms. The summed E-state index contributed by atoms with van der Waals surface area (Å²) in [6.07, 6.45) is 1.88. The molecule has 1 fully saturated rings. The molecule has 0 aliphatic heterocycles. The summed E-state index contributed by atoms with van der Waals surface area (Å²) in [7, 11) is -3.15. The smallest absolute Gasteiger partial charge is 0.214 e. The highest BCUT2D eigenvalue weighted by molar-refractivity contribution is 7.89. The van der Waals surface area contributed by atoms with Gasteiger partial charge in [-0.1, -0.05) is 13.8 Å². The van der Waals surface area contributed by atoms with Gasteiger partial charge in [0.15, 0.2) is 0 Å². The molecule has 0 aromatic carbocycles. The number of rotatable bonds is 6. The van der Waals surface area contributed by atoms with Crippen molar-refractivity contribution in [3.8, 4) is 0 Å². The summed E-state index contributed by atoms with van der Waals surface area (Å²) in [5.41, 5.74) is 0. The van der Waals surface area contributed by atoms with Gasteiger partial charge in [0.1, 0.15) is 0 Å². The van der Waals surface area contributed by atoms with Crippen molar-refractivity contribution in [2.45, 2.75) is 32.7 Å². The average molecular weight is 221 g/mol. The first-order chi connectivity index (χ1) is 6.47. The third-order valence-electron chi connectivity index (χ3n) is 2.18. The topological polar surface area (TPSA) is 57.6 Å². The zero-order valence-electron chi connectivity index (χ0n) is 8.81. The van der Waals surface area contributed by atoms with E-state index < -0.39 is 10.0 Å². The Morgan fingerprint density at radius 3 is 2.36 bits per heavy atom. The van der Waals surface area contributed by atoms with Gasteiger partial charge in [-0.2, -0.15) is 4.31 Å². The van der Waals surface area contributed by atoms with E-state index in [1.165, 1.54) is 4.31 Å². The molecular formula is C9H19NO3S. The second kappa shape index (κ2) is 4.59. The van der Waals surface area contributed by atoms with E-state index in [2.05, 4.69) is 0 Å². The monoisotopic (exact) mass is 221 g/mol. The quantitative estimate of drug-likeness (QED) is 0.707. The Morgan fingerprint density at radius 2 is 2.00 bits per heavy atom. The van der Waals surface area contributed by atoms with Crippen molar-refractivity contribution in [3.63, 3.8) is 0 Å². The van der Waals surface area contributed by atoms with E-state index in [0.717, 1.165) is 12.8 Å². The van der Waals surface area contributed by atoms with Gasteiger partial charge in [-0.3, -0.25) is 0 Å². The predicted octanol–water partition coefficient (Wildman–Crippen LogP) is 0.429. The number of sulfonamides is 1. The molecule has 14 heavy (non-hydrogen) atoms. The molecule has 0 heterocycles. The van der Waals surface area contributed by atoms with Gasteiger partial charge in [-0.05, 0) is 18.8 Å². The van der Waals surface area contributed by atoms with Gasteiger partial charge in [0.25, 0.3) is 0 Å². The fourth-order valence-electron chi connectivity index (χ4n) is 1.53. The predicted molar refractivity (Wildman–Crippen MR) is 55.4 cm³/mol. The Labute approximate surface area is 86.0 Å². The van der Waals surface area contributed by atoms with Crippen molar-refractivity contribution >= 4 is 10.0 Å². The van der Waals surface area contributed by atoms with E-state index >= 15 is 0 Å². The van der Waals surface area contributed by atoms with E-state index in [1.807, 2.05) is 13.8 Å². The van der Waals surface area contributed by atoms with E-state index in [9.17, 15) is 8.42 Å². The standard InChI is InChI=1S/C9H19NO3S/c1-8(2)7-14(12,13)10(5-6-11)9-3-4-9/h8-9,11H,3-7H2,1-2H3. The lowest BCUT2D eigenvalue weighted by Crippen LogP contribution is -2.38. The van der Waals surface area contributed by atoms with Crippen LogP contribution in [-0.2, 0) is 10.0 Å². The lowest BCUT2D eigenvalue weighted by Gasteiger charge is -2.21. The van der Waals surface area contributed by atoms with Crippen LogP contribution < -0.4 is 0 Å². The molecule has 0 unspecified atom stereocenters. The Morgan fingerprint density at radius 1 is 1.43 bits per heavy atom. The summed E-state index contributed by atoms with van der Waals surface area (Å²) in [4.78, 5) is 0. The Kier molecular flexibility index (Phi) is 3.92. The van der Waals surface area contributed by atoms with E-state index in [4.69, 9.17) is 5.11 Å². The first-order valence-electron chi connectivity index (χ1n) is 5.07. The van der Waals surface area contributed by atoms with Crippen LogP contribution in [0.2, 0.25) is 0 Å². The Balaban J connectivity index is 2.65. The number of nitrogens with zero attached hydrogens (tertiary/aromatic N) is 1. The highest BCUT2D eigenvalue weighted by atomic mass is 32.2. The van der Waals surface area contributed by atoms with Gasteiger partial charge in [-0.15, -0.1) is 0 Å². The molecule has 0 atom stereocenters. The normalized spacial score (nSPS) is 18.1. The molecule has 0 radical (unpaired) electrons. The van der Waals surface area contributed by atoms with Crippen molar-refractivity contribution in [2.24, 2.45) is 5.92 Å². The van der Waals surface area contributed by atoms with Crippen LogP contribution in [0.5, 0.6) is 0 Å². The third-order valence-corrected chi connectivity index (χ3v) is 4.46. The fourth-order valence-corrected chi connectivity index (χ4v) is 3.59. The minimum absolute atomic E-state index is 0.0895. The number of aliphatic hydroxyl groups is 1. The molecule has 1 N–H and O–H groups in total. The molecule has 0 aromatic heterocycles. The summed E-state index contributed by atoms with van der Waals surface area (Å²) < 4.78 is 25.1. The van der Waals surface area contributed by atoms with Crippen LogP contribution in [0.25, 0.3) is 0 Å². The largest absolute Gasteiger partial charge is 0.395 e.